The Morgan fingerprint density at radius 1 is 1.02 bits per heavy atom. The van der Waals surface area contributed by atoms with E-state index < -0.39 is 103 Å². The van der Waals surface area contributed by atoms with Gasteiger partial charge in [0.05, 0.1) is 12.6 Å². The van der Waals surface area contributed by atoms with Crippen LogP contribution in [0.5, 0.6) is 0 Å². The molecule has 1 saturated heterocycles. The molecule has 22 nitrogen and oxygen atoms in total. The molecule has 0 saturated carbocycles. The van der Waals surface area contributed by atoms with Gasteiger partial charge >= 0.3 is 6.03 Å². The minimum absolute atomic E-state index is 0.0120. The van der Waals surface area contributed by atoms with Crippen molar-refractivity contribution in [3.63, 3.8) is 0 Å². The van der Waals surface area contributed by atoms with E-state index in [1.807, 2.05) is 5.32 Å². The molecule has 2 aliphatic heterocycles. The van der Waals surface area contributed by atoms with Crippen molar-refractivity contribution in [2.75, 3.05) is 32.8 Å². The molecule has 2 rings (SSSR count). The zero-order chi connectivity index (χ0) is 35.1. The van der Waals surface area contributed by atoms with Crippen molar-refractivity contribution < 1.29 is 38.7 Å². The second-order valence-corrected chi connectivity index (χ2v) is 10.7. The van der Waals surface area contributed by atoms with Crippen molar-refractivity contribution in [2.24, 2.45) is 33.7 Å². The van der Waals surface area contributed by atoms with E-state index in [-0.39, 0.29) is 25.3 Å². The van der Waals surface area contributed by atoms with Gasteiger partial charge in [-0.1, -0.05) is 0 Å². The monoisotopic (exact) mass is 668 g/mol. The van der Waals surface area contributed by atoms with E-state index in [4.69, 9.17) is 28.7 Å². The Hall–Kier alpha value is -5.06. The number of urea groups is 1. The van der Waals surface area contributed by atoms with Crippen molar-refractivity contribution in [3.8, 4) is 0 Å². The number of aliphatic hydroxyl groups excluding tert-OH is 1. The SMILES string of the molecule is NCCC[C@H](N)CC(=O)NC[C@@H]1NC(=O)[C@H](CO)NC(=O)[C@@H](N)CNC(=O)[C@H]([C@H]2CCN=C(N)N2)NC(=O)/C(=C\NC(N)=O)NC1=O. The van der Waals surface area contributed by atoms with Crippen LogP contribution in [0.15, 0.2) is 16.9 Å². The molecular weight excluding hydrogens is 624 g/mol. The first-order valence-electron chi connectivity index (χ1n) is 14.7. The van der Waals surface area contributed by atoms with Crippen molar-refractivity contribution >= 4 is 47.4 Å². The molecule has 0 aliphatic carbocycles. The van der Waals surface area contributed by atoms with E-state index in [0.29, 0.717) is 19.4 Å². The molecule has 2 aliphatic rings. The molecule has 19 N–H and O–H groups in total. The third-order valence-electron chi connectivity index (χ3n) is 6.90. The van der Waals surface area contributed by atoms with E-state index in [0.717, 1.165) is 6.20 Å². The standard InChI is InChI=1S/C25H44N14O8/c26-4-1-2-11(27)6-17(41)32-8-14-20(43)35-15(9-34-25(30)47)21(44)39-18(13-3-5-31-24(29)38-13)23(46)33-7-12(28)19(42)37-16(10-40)22(45)36-14/h9,11-14,16,18,40H,1-8,10,26-28H2,(H,32,41)(H,33,46)(H,35,43)(H,36,45)(H,37,42)(H,39,44)(H3,29,31,38)(H3,30,34,47)/b15-9+/t11-,12-,13+,14-,16-,18-/m0/s1. The number of aliphatic hydroxyl groups is 1. The molecule has 0 aromatic carbocycles. The number of guanidine groups is 1. The highest BCUT2D eigenvalue weighted by Gasteiger charge is 2.35. The van der Waals surface area contributed by atoms with Crippen LogP contribution in [-0.2, 0) is 28.8 Å². The number of rotatable bonds is 10. The van der Waals surface area contributed by atoms with E-state index >= 15 is 0 Å². The fraction of sp³-hybridized carbons (Fsp3) is 0.600. The Balaban J connectivity index is 2.45. The summed E-state index contributed by atoms with van der Waals surface area (Å²) < 4.78 is 0. The molecule has 262 valence electrons. The van der Waals surface area contributed by atoms with Crippen molar-refractivity contribution in [3.05, 3.63) is 11.9 Å². The zero-order valence-corrected chi connectivity index (χ0v) is 25.5. The summed E-state index contributed by atoms with van der Waals surface area (Å²) >= 11 is 0. The van der Waals surface area contributed by atoms with Gasteiger partial charge < -0.3 is 76.3 Å². The molecule has 0 radical (unpaired) electrons. The Morgan fingerprint density at radius 2 is 1.72 bits per heavy atom. The summed E-state index contributed by atoms with van der Waals surface area (Å²) in [6.45, 7) is -1.36. The largest absolute Gasteiger partial charge is 0.394 e. The Bertz CT molecular complexity index is 1240. The lowest BCUT2D eigenvalue weighted by Gasteiger charge is -2.31. The van der Waals surface area contributed by atoms with Gasteiger partial charge in [0.15, 0.2) is 5.96 Å². The number of carbonyl (C=O) groups is 7. The van der Waals surface area contributed by atoms with Gasteiger partial charge in [-0.2, -0.15) is 0 Å². The van der Waals surface area contributed by atoms with Crippen LogP contribution in [0, 0.1) is 0 Å². The van der Waals surface area contributed by atoms with Crippen LogP contribution in [0.2, 0.25) is 0 Å². The summed E-state index contributed by atoms with van der Waals surface area (Å²) in [6, 6.07) is -8.54. The Labute approximate surface area is 269 Å². The summed E-state index contributed by atoms with van der Waals surface area (Å²) in [5.41, 5.74) is 27.6. The average Bonchev–Trinajstić information content (AvgIpc) is 3.02. The normalized spacial score (nSPS) is 26.3. The molecule has 1 fully saturated rings. The van der Waals surface area contributed by atoms with Gasteiger partial charge in [-0.05, 0) is 25.8 Å². The van der Waals surface area contributed by atoms with Crippen molar-refractivity contribution in [2.45, 2.75) is 61.9 Å². The first-order valence-corrected chi connectivity index (χ1v) is 14.7. The van der Waals surface area contributed by atoms with Crippen LogP contribution in [-0.4, -0.2) is 122 Å². The van der Waals surface area contributed by atoms with Gasteiger partial charge in [0.25, 0.3) is 5.91 Å². The molecule has 2 heterocycles. The van der Waals surface area contributed by atoms with Crippen LogP contribution >= 0.6 is 0 Å². The van der Waals surface area contributed by atoms with Crippen molar-refractivity contribution in [1.29, 1.82) is 0 Å². The third kappa shape index (κ3) is 12.7. The van der Waals surface area contributed by atoms with Gasteiger partial charge in [0, 0.05) is 38.3 Å². The smallest absolute Gasteiger partial charge is 0.316 e. The predicted molar refractivity (Wildman–Crippen MR) is 165 cm³/mol. The zero-order valence-electron chi connectivity index (χ0n) is 25.5. The average molecular weight is 669 g/mol. The minimum Gasteiger partial charge on any atom is -0.394 e. The summed E-state index contributed by atoms with van der Waals surface area (Å²) in [5.74, 6) is -5.62. The highest BCUT2D eigenvalue weighted by molar-refractivity contribution is 6.02. The second-order valence-electron chi connectivity index (χ2n) is 10.7. The number of amides is 8. The highest BCUT2D eigenvalue weighted by Crippen LogP contribution is 2.07. The maximum absolute atomic E-state index is 13.5. The Kier molecular flexibility index (Phi) is 15.2. The first-order chi connectivity index (χ1) is 22.2. The number of nitrogens with zero attached hydrogens (tertiary/aromatic N) is 1. The number of primary amides is 1. The summed E-state index contributed by atoms with van der Waals surface area (Å²) in [4.78, 5) is 93.9. The molecular formula is C25H44N14O8. The lowest BCUT2D eigenvalue weighted by atomic mass is 10.0. The minimum atomic E-state index is -1.63. The molecule has 0 spiro atoms. The maximum Gasteiger partial charge on any atom is 0.316 e. The topological polar surface area (TPSA) is 378 Å². The van der Waals surface area contributed by atoms with Gasteiger partial charge in [-0.3, -0.25) is 33.8 Å². The molecule has 8 amide bonds. The molecule has 0 aromatic rings. The molecule has 22 heteroatoms. The second kappa shape index (κ2) is 18.8. The summed E-state index contributed by atoms with van der Waals surface area (Å²) in [6.07, 6.45) is 1.86. The fourth-order valence-electron chi connectivity index (χ4n) is 4.35. The maximum atomic E-state index is 13.5. The first kappa shape index (κ1) is 38.1. The van der Waals surface area contributed by atoms with Crippen LogP contribution in [0.3, 0.4) is 0 Å². The lowest BCUT2D eigenvalue weighted by molar-refractivity contribution is -0.134. The van der Waals surface area contributed by atoms with Gasteiger partial charge in [0.1, 0.15) is 29.9 Å². The predicted octanol–water partition coefficient (Wildman–Crippen LogP) is -8.23. The fourth-order valence-corrected chi connectivity index (χ4v) is 4.35. The van der Waals surface area contributed by atoms with Crippen molar-refractivity contribution in [1.82, 2.24) is 42.5 Å². The summed E-state index contributed by atoms with van der Waals surface area (Å²) in [7, 11) is 0. The van der Waals surface area contributed by atoms with E-state index in [2.05, 4.69) is 42.2 Å². The number of hydrogen-bond donors (Lipinski definition) is 14. The van der Waals surface area contributed by atoms with Crippen LogP contribution in [0.4, 0.5) is 4.79 Å². The van der Waals surface area contributed by atoms with E-state index in [9.17, 15) is 38.7 Å². The van der Waals surface area contributed by atoms with Crippen LogP contribution in [0.25, 0.3) is 0 Å². The van der Waals surface area contributed by atoms with Gasteiger partial charge in [-0.15, -0.1) is 0 Å². The number of nitrogens with two attached hydrogens (primary N) is 5. The van der Waals surface area contributed by atoms with Gasteiger partial charge in [0.2, 0.25) is 29.5 Å². The highest BCUT2D eigenvalue weighted by atomic mass is 16.3. The molecule has 0 aromatic heterocycles. The molecule has 0 bridgehead atoms. The lowest BCUT2D eigenvalue weighted by Crippen LogP contribution is -2.64. The number of nitrogens with one attached hydrogen (secondary N) is 8. The van der Waals surface area contributed by atoms with Gasteiger partial charge in [-0.25, -0.2) is 4.79 Å². The number of hydrogen-bond acceptors (Lipinski definition) is 14. The van der Waals surface area contributed by atoms with E-state index in [1.54, 1.807) is 0 Å². The summed E-state index contributed by atoms with van der Waals surface area (Å²) in [5, 5.41) is 28.7. The molecule has 6 atom stereocenters. The molecule has 0 unspecified atom stereocenters. The Morgan fingerprint density at radius 3 is 2.36 bits per heavy atom. The number of aliphatic imine (C=N–C) groups is 1. The van der Waals surface area contributed by atoms with Crippen LogP contribution < -0.4 is 71.2 Å². The third-order valence-corrected chi connectivity index (χ3v) is 6.90. The molecule has 47 heavy (non-hydrogen) atoms. The van der Waals surface area contributed by atoms with Crippen LogP contribution in [0.1, 0.15) is 25.7 Å². The number of carbonyl (C=O) groups excluding carboxylic acids is 7. The quantitative estimate of drug-likeness (QED) is 0.0963. The van der Waals surface area contributed by atoms with E-state index in [1.165, 1.54) is 0 Å².